The largest absolute Gasteiger partial charge is 0.444 e. The van der Waals surface area contributed by atoms with E-state index in [-0.39, 0.29) is 18.2 Å². The molecule has 1 rings (SSSR count). The Labute approximate surface area is 132 Å². The zero-order valence-electron chi connectivity index (χ0n) is 13.7. The van der Waals surface area contributed by atoms with Gasteiger partial charge >= 0.3 is 6.09 Å². The molecule has 0 radical (unpaired) electrons. The van der Waals surface area contributed by atoms with E-state index in [1.54, 1.807) is 20.8 Å². The number of nitrogens with one attached hydrogen (secondary N) is 1. The monoisotopic (exact) mass is 334 g/mol. The van der Waals surface area contributed by atoms with Crippen molar-refractivity contribution in [2.45, 2.75) is 51.7 Å². The molecule has 1 fully saturated rings. The van der Waals surface area contributed by atoms with Crippen LogP contribution >= 0.6 is 0 Å². The molecule has 1 aliphatic heterocycles. The van der Waals surface area contributed by atoms with Gasteiger partial charge in [-0.05, 0) is 40.0 Å². The highest BCUT2D eigenvalue weighted by Gasteiger charge is 2.34. The summed E-state index contributed by atoms with van der Waals surface area (Å²) in [5.74, 6) is -0.438. The molecule has 7 nitrogen and oxygen atoms in total. The summed E-state index contributed by atoms with van der Waals surface area (Å²) in [5, 5.41) is 2.59. The van der Waals surface area contributed by atoms with E-state index >= 15 is 0 Å². The maximum Gasteiger partial charge on any atom is 0.410 e. The van der Waals surface area contributed by atoms with Gasteiger partial charge in [-0.3, -0.25) is 9.69 Å². The van der Waals surface area contributed by atoms with Gasteiger partial charge in [-0.1, -0.05) is 0 Å². The van der Waals surface area contributed by atoms with Gasteiger partial charge in [-0.25, -0.2) is 13.2 Å². The second kappa shape index (κ2) is 7.30. The molecule has 1 saturated heterocycles. The molecule has 0 bridgehead atoms. The van der Waals surface area contributed by atoms with E-state index in [9.17, 15) is 18.0 Å². The fourth-order valence-corrected chi connectivity index (χ4v) is 2.69. The van der Waals surface area contributed by atoms with Crippen LogP contribution < -0.4 is 5.32 Å². The summed E-state index contributed by atoms with van der Waals surface area (Å²) in [5.41, 5.74) is -0.619. The lowest BCUT2D eigenvalue weighted by Crippen LogP contribution is -2.53. The lowest BCUT2D eigenvalue weighted by Gasteiger charge is -2.35. The van der Waals surface area contributed by atoms with Gasteiger partial charge in [0, 0.05) is 19.3 Å². The number of piperidine rings is 1. The molecule has 1 atom stereocenters. The first-order chi connectivity index (χ1) is 9.99. The van der Waals surface area contributed by atoms with Crippen LogP contribution in [0.2, 0.25) is 0 Å². The van der Waals surface area contributed by atoms with Crippen LogP contribution in [0.1, 0.15) is 40.0 Å². The van der Waals surface area contributed by atoms with Gasteiger partial charge in [-0.15, -0.1) is 0 Å². The van der Waals surface area contributed by atoms with Gasteiger partial charge in [-0.2, -0.15) is 0 Å². The maximum atomic E-state index is 12.2. The molecule has 2 amide bonds. The van der Waals surface area contributed by atoms with E-state index in [0.29, 0.717) is 13.0 Å². The van der Waals surface area contributed by atoms with E-state index in [4.69, 9.17) is 4.74 Å². The summed E-state index contributed by atoms with van der Waals surface area (Å²) < 4.78 is 27.5. The maximum absolute atomic E-state index is 12.2. The molecule has 1 heterocycles. The fraction of sp³-hybridized carbons (Fsp3) is 0.857. The highest BCUT2D eigenvalue weighted by molar-refractivity contribution is 7.90. The first-order valence-corrected chi connectivity index (χ1v) is 9.51. The minimum atomic E-state index is -3.12. The van der Waals surface area contributed by atoms with E-state index in [2.05, 4.69) is 5.32 Å². The Balaban J connectivity index is 2.64. The summed E-state index contributed by atoms with van der Waals surface area (Å²) in [4.78, 5) is 25.8. The molecule has 0 spiro atoms. The zero-order valence-corrected chi connectivity index (χ0v) is 14.5. The normalized spacial score (nSPS) is 19.6. The minimum absolute atomic E-state index is 0.0519. The van der Waals surface area contributed by atoms with Crippen molar-refractivity contribution in [1.82, 2.24) is 10.2 Å². The van der Waals surface area contributed by atoms with Gasteiger partial charge < -0.3 is 10.1 Å². The second-order valence-corrected chi connectivity index (χ2v) is 8.87. The number of carbonyl (C=O) groups excluding carboxylic acids is 2. The van der Waals surface area contributed by atoms with Gasteiger partial charge in [0.25, 0.3) is 0 Å². The van der Waals surface area contributed by atoms with E-state index in [0.717, 1.165) is 19.1 Å². The van der Waals surface area contributed by atoms with Crippen LogP contribution in [0, 0.1) is 0 Å². The molecule has 22 heavy (non-hydrogen) atoms. The van der Waals surface area contributed by atoms with Crippen LogP contribution in [0.4, 0.5) is 4.79 Å². The van der Waals surface area contributed by atoms with Crippen LogP contribution in [-0.2, 0) is 19.4 Å². The number of likely N-dealkylation sites (tertiary alicyclic amines) is 1. The Kier molecular flexibility index (Phi) is 6.22. The van der Waals surface area contributed by atoms with Crippen molar-refractivity contribution in [1.29, 1.82) is 0 Å². The number of carbonyl (C=O) groups is 2. The minimum Gasteiger partial charge on any atom is -0.444 e. The number of ether oxygens (including phenoxy) is 1. The molecule has 128 valence electrons. The van der Waals surface area contributed by atoms with E-state index in [1.807, 2.05) is 0 Å². The smallest absolute Gasteiger partial charge is 0.410 e. The molecule has 1 aliphatic rings. The first-order valence-electron chi connectivity index (χ1n) is 7.45. The summed E-state index contributed by atoms with van der Waals surface area (Å²) in [6.45, 7) is 5.84. The quantitative estimate of drug-likeness (QED) is 0.826. The number of hydrogen-bond donors (Lipinski definition) is 1. The number of hydrogen-bond acceptors (Lipinski definition) is 5. The fourth-order valence-electron chi connectivity index (χ4n) is 2.22. The number of sulfone groups is 1. The zero-order chi connectivity index (χ0) is 17.0. The lowest BCUT2D eigenvalue weighted by atomic mass is 10.0. The third-order valence-corrected chi connectivity index (χ3v) is 4.15. The summed E-state index contributed by atoms with van der Waals surface area (Å²) >= 11 is 0. The van der Waals surface area contributed by atoms with Gasteiger partial charge in [0.15, 0.2) is 0 Å². The number of nitrogens with zero attached hydrogens (tertiary/aromatic N) is 1. The molecule has 0 aromatic heterocycles. The van der Waals surface area contributed by atoms with Crippen molar-refractivity contribution in [3.05, 3.63) is 0 Å². The topological polar surface area (TPSA) is 92.8 Å². The van der Waals surface area contributed by atoms with Gasteiger partial charge in [0.2, 0.25) is 5.91 Å². The van der Waals surface area contributed by atoms with Gasteiger partial charge in [0.1, 0.15) is 21.5 Å². The average Bonchev–Trinajstić information content (AvgIpc) is 2.35. The molecule has 1 N–H and O–H groups in total. The van der Waals surface area contributed by atoms with Crippen LogP contribution in [-0.4, -0.2) is 62.1 Å². The third-order valence-electron chi connectivity index (χ3n) is 3.21. The molecule has 8 heteroatoms. The van der Waals surface area contributed by atoms with Crippen molar-refractivity contribution >= 4 is 21.8 Å². The molecule has 0 aromatic rings. The SMILES string of the molecule is CC(C)(C)OC(=O)N1CCCC[C@H]1C(=O)NCCS(C)(=O)=O. The first kappa shape index (κ1) is 18.7. The highest BCUT2D eigenvalue weighted by atomic mass is 32.2. The molecule has 0 unspecified atom stereocenters. The van der Waals surface area contributed by atoms with Crippen molar-refractivity contribution in [3.63, 3.8) is 0 Å². The van der Waals surface area contributed by atoms with Crippen LogP contribution in [0.5, 0.6) is 0 Å². The predicted octanol–water partition coefficient (Wildman–Crippen LogP) is 0.937. The molecular formula is C14H26N2O5S. The van der Waals surface area contributed by atoms with Crippen molar-refractivity contribution < 1.29 is 22.7 Å². The third kappa shape index (κ3) is 6.64. The number of rotatable bonds is 4. The van der Waals surface area contributed by atoms with Crippen molar-refractivity contribution in [2.24, 2.45) is 0 Å². The molecule has 0 aliphatic carbocycles. The average molecular weight is 334 g/mol. The lowest BCUT2D eigenvalue weighted by molar-refractivity contribution is -0.127. The van der Waals surface area contributed by atoms with Crippen molar-refractivity contribution in [2.75, 3.05) is 25.1 Å². The van der Waals surface area contributed by atoms with E-state index in [1.165, 1.54) is 4.90 Å². The van der Waals surface area contributed by atoms with Crippen molar-refractivity contribution in [3.8, 4) is 0 Å². The Morgan fingerprint density at radius 2 is 1.91 bits per heavy atom. The van der Waals surface area contributed by atoms with Crippen LogP contribution in [0.15, 0.2) is 0 Å². The highest BCUT2D eigenvalue weighted by Crippen LogP contribution is 2.20. The predicted molar refractivity (Wildman–Crippen MR) is 83.3 cm³/mol. The summed E-state index contributed by atoms with van der Waals surface area (Å²) in [6.07, 6.45) is 2.85. The Bertz CT molecular complexity index is 510. The second-order valence-electron chi connectivity index (χ2n) is 6.61. The number of amides is 2. The van der Waals surface area contributed by atoms with Gasteiger partial charge in [0.05, 0.1) is 5.75 Å². The van der Waals surface area contributed by atoms with E-state index < -0.39 is 27.6 Å². The molecule has 0 aromatic carbocycles. The molecule has 0 saturated carbocycles. The Morgan fingerprint density at radius 1 is 1.27 bits per heavy atom. The van der Waals surface area contributed by atoms with Crippen LogP contribution in [0.25, 0.3) is 0 Å². The standard InChI is InChI=1S/C14H26N2O5S/c1-14(2,3)21-13(18)16-9-6-5-7-11(16)12(17)15-8-10-22(4,19)20/h11H,5-10H2,1-4H3,(H,15,17)/t11-/m0/s1. The summed E-state index contributed by atoms with van der Waals surface area (Å²) in [7, 11) is -3.12. The van der Waals surface area contributed by atoms with Crippen LogP contribution in [0.3, 0.4) is 0 Å². The molecular weight excluding hydrogens is 308 g/mol. The summed E-state index contributed by atoms with van der Waals surface area (Å²) in [6, 6.07) is -0.594. The Hall–Kier alpha value is -1.31. The Morgan fingerprint density at radius 3 is 2.45 bits per heavy atom.